The first-order valence-corrected chi connectivity index (χ1v) is 9.04. The van der Waals surface area contributed by atoms with E-state index >= 15 is 0 Å². The van der Waals surface area contributed by atoms with Gasteiger partial charge in [0.1, 0.15) is 0 Å². The van der Waals surface area contributed by atoms with Gasteiger partial charge in [0.25, 0.3) is 0 Å². The summed E-state index contributed by atoms with van der Waals surface area (Å²) >= 11 is 1.36. The summed E-state index contributed by atoms with van der Waals surface area (Å²) in [5.41, 5.74) is 1.04. The van der Waals surface area contributed by atoms with Gasteiger partial charge in [-0.3, -0.25) is 14.4 Å². The van der Waals surface area contributed by atoms with Crippen molar-refractivity contribution in [3.8, 4) is 0 Å². The Bertz CT molecular complexity index is 697. The van der Waals surface area contributed by atoms with E-state index in [0.29, 0.717) is 17.7 Å². The zero-order valence-electron chi connectivity index (χ0n) is 13.8. The quantitative estimate of drug-likeness (QED) is 0.638. The molecule has 0 fully saturated rings. The molecule has 2 rings (SSSR count). The number of carboxylic acid groups (broad SMARTS) is 1. The van der Waals surface area contributed by atoms with Crippen molar-refractivity contribution in [2.75, 3.05) is 0 Å². The number of rotatable bonds is 10. The van der Waals surface area contributed by atoms with Crippen LogP contribution in [0, 0.1) is 0 Å². The average Bonchev–Trinajstić information content (AvgIpc) is 3.13. The van der Waals surface area contributed by atoms with Crippen LogP contribution in [0.15, 0.2) is 47.8 Å². The number of thiophene rings is 1. The molecule has 1 atom stereocenters. The first-order chi connectivity index (χ1) is 12.0. The Kier molecular flexibility index (Phi) is 7.35. The summed E-state index contributed by atoms with van der Waals surface area (Å²) in [6.07, 6.45) is 1.18. The lowest BCUT2D eigenvalue weighted by Crippen LogP contribution is -2.37. The summed E-state index contributed by atoms with van der Waals surface area (Å²) in [4.78, 5) is 35.6. The highest BCUT2D eigenvalue weighted by molar-refractivity contribution is 7.12. The van der Waals surface area contributed by atoms with Crippen LogP contribution in [-0.2, 0) is 16.0 Å². The first-order valence-electron chi connectivity index (χ1n) is 8.16. The highest BCUT2D eigenvalue weighted by atomic mass is 32.1. The summed E-state index contributed by atoms with van der Waals surface area (Å²) in [5.74, 6) is -1.16. The van der Waals surface area contributed by atoms with Gasteiger partial charge in [0.2, 0.25) is 5.91 Å². The maximum absolute atomic E-state index is 12.2. The average molecular weight is 359 g/mol. The molecule has 0 saturated heterocycles. The van der Waals surface area contributed by atoms with Crippen molar-refractivity contribution in [2.45, 2.75) is 38.1 Å². The molecule has 1 amide bonds. The number of ketones is 1. The summed E-state index contributed by atoms with van der Waals surface area (Å²) in [6, 6.07) is 12.9. The predicted octanol–water partition coefficient (Wildman–Crippen LogP) is 3.30. The SMILES string of the molecule is O=C(O)CCC(Cc1ccccc1)NC(=O)CCC(=O)c1cccs1. The molecule has 2 N–H and O–H groups in total. The number of nitrogens with one attached hydrogen (secondary N) is 1. The molecule has 0 radical (unpaired) electrons. The second kappa shape index (κ2) is 9.74. The van der Waals surface area contributed by atoms with Gasteiger partial charge in [0.05, 0.1) is 4.88 Å². The molecule has 132 valence electrons. The number of benzene rings is 1. The van der Waals surface area contributed by atoms with Gasteiger partial charge in [-0.1, -0.05) is 36.4 Å². The van der Waals surface area contributed by atoms with E-state index in [-0.39, 0.29) is 37.0 Å². The lowest BCUT2D eigenvalue weighted by molar-refractivity contribution is -0.137. The topological polar surface area (TPSA) is 83.5 Å². The summed E-state index contributed by atoms with van der Waals surface area (Å²) in [5, 5.41) is 13.6. The maximum atomic E-state index is 12.2. The number of hydrogen-bond acceptors (Lipinski definition) is 4. The minimum atomic E-state index is -0.889. The van der Waals surface area contributed by atoms with Crippen LogP contribution < -0.4 is 5.32 Å². The van der Waals surface area contributed by atoms with Crippen molar-refractivity contribution in [1.82, 2.24) is 5.32 Å². The normalized spacial score (nSPS) is 11.7. The van der Waals surface area contributed by atoms with Crippen LogP contribution in [-0.4, -0.2) is 28.8 Å². The second-order valence-corrected chi connectivity index (χ2v) is 6.73. The Hall–Kier alpha value is -2.47. The Morgan fingerprint density at radius 2 is 1.76 bits per heavy atom. The van der Waals surface area contributed by atoms with Gasteiger partial charge in [0.15, 0.2) is 5.78 Å². The van der Waals surface area contributed by atoms with Crippen LogP contribution in [0.25, 0.3) is 0 Å². The van der Waals surface area contributed by atoms with Gasteiger partial charge >= 0.3 is 5.97 Å². The van der Waals surface area contributed by atoms with E-state index in [0.717, 1.165) is 5.56 Å². The number of carbonyl (C=O) groups excluding carboxylic acids is 2. The molecule has 0 saturated carbocycles. The predicted molar refractivity (Wildman–Crippen MR) is 96.8 cm³/mol. The number of aliphatic carboxylic acids is 1. The van der Waals surface area contributed by atoms with Crippen LogP contribution in [0.1, 0.15) is 40.9 Å². The third-order valence-corrected chi connectivity index (χ3v) is 4.68. The molecule has 0 bridgehead atoms. The smallest absolute Gasteiger partial charge is 0.303 e. The summed E-state index contributed by atoms with van der Waals surface area (Å²) < 4.78 is 0. The molecule has 2 aromatic rings. The fourth-order valence-corrected chi connectivity index (χ4v) is 3.20. The summed E-state index contributed by atoms with van der Waals surface area (Å²) in [7, 11) is 0. The molecule has 5 nitrogen and oxygen atoms in total. The minimum Gasteiger partial charge on any atom is -0.481 e. The zero-order valence-corrected chi connectivity index (χ0v) is 14.6. The van der Waals surface area contributed by atoms with Gasteiger partial charge in [-0.05, 0) is 29.9 Å². The monoisotopic (exact) mass is 359 g/mol. The lowest BCUT2D eigenvalue weighted by atomic mass is 10.0. The Morgan fingerprint density at radius 3 is 2.40 bits per heavy atom. The Balaban J connectivity index is 1.87. The van der Waals surface area contributed by atoms with E-state index in [1.807, 2.05) is 35.7 Å². The van der Waals surface area contributed by atoms with Gasteiger partial charge < -0.3 is 10.4 Å². The molecule has 1 unspecified atom stereocenters. The van der Waals surface area contributed by atoms with Crippen LogP contribution in [0.5, 0.6) is 0 Å². The van der Waals surface area contributed by atoms with Crippen LogP contribution in [0.2, 0.25) is 0 Å². The van der Waals surface area contributed by atoms with Crippen molar-refractivity contribution < 1.29 is 19.5 Å². The van der Waals surface area contributed by atoms with Crippen molar-refractivity contribution in [3.63, 3.8) is 0 Å². The van der Waals surface area contributed by atoms with E-state index in [2.05, 4.69) is 5.32 Å². The van der Waals surface area contributed by atoms with Crippen LogP contribution in [0.4, 0.5) is 0 Å². The fraction of sp³-hybridized carbons (Fsp3) is 0.316. The van der Waals surface area contributed by atoms with Gasteiger partial charge in [0, 0.05) is 25.3 Å². The van der Waals surface area contributed by atoms with E-state index in [1.54, 1.807) is 12.1 Å². The molecule has 0 aliphatic rings. The molecular formula is C19H21NO4S. The molecule has 0 aliphatic carbocycles. The Labute approximate surface area is 150 Å². The van der Waals surface area contributed by atoms with E-state index in [1.165, 1.54) is 11.3 Å². The highest BCUT2D eigenvalue weighted by Crippen LogP contribution is 2.13. The standard InChI is InChI=1S/C19H21NO4S/c21-16(17-7-4-12-25-17)9-10-18(22)20-15(8-11-19(23)24)13-14-5-2-1-3-6-14/h1-7,12,15H,8-11,13H2,(H,20,22)(H,23,24). The van der Waals surface area contributed by atoms with Gasteiger partial charge in [-0.15, -0.1) is 11.3 Å². The molecular weight excluding hydrogens is 338 g/mol. The molecule has 6 heteroatoms. The van der Waals surface area contributed by atoms with Crippen molar-refractivity contribution >= 4 is 29.0 Å². The fourth-order valence-electron chi connectivity index (χ4n) is 2.51. The summed E-state index contributed by atoms with van der Waals surface area (Å²) in [6.45, 7) is 0. The van der Waals surface area contributed by atoms with Crippen LogP contribution in [0.3, 0.4) is 0 Å². The van der Waals surface area contributed by atoms with Gasteiger partial charge in [-0.2, -0.15) is 0 Å². The second-order valence-electron chi connectivity index (χ2n) is 5.79. The van der Waals surface area contributed by atoms with Crippen molar-refractivity contribution in [2.24, 2.45) is 0 Å². The van der Waals surface area contributed by atoms with E-state index < -0.39 is 5.97 Å². The molecule has 25 heavy (non-hydrogen) atoms. The van der Waals surface area contributed by atoms with Crippen LogP contribution >= 0.6 is 11.3 Å². The lowest BCUT2D eigenvalue weighted by Gasteiger charge is -2.18. The molecule has 0 aliphatic heterocycles. The molecule has 1 heterocycles. The third kappa shape index (κ3) is 6.89. The maximum Gasteiger partial charge on any atom is 0.303 e. The van der Waals surface area contributed by atoms with Crippen molar-refractivity contribution in [3.05, 3.63) is 58.3 Å². The highest BCUT2D eigenvalue weighted by Gasteiger charge is 2.16. The Morgan fingerprint density at radius 1 is 1.00 bits per heavy atom. The van der Waals surface area contributed by atoms with E-state index in [9.17, 15) is 14.4 Å². The number of amides is 1. The number of hydrogen-bond donors (Lipinski definition) is 2. The number of carbonyl (C=O) groups is 3. The molecule has 0 spiro atoms. The van der Waals surface area contributed by atoms with Crippen molar-refractivity contribution in [1.29, 1.82) is 0 Å². The number of carboxylic acids is 1. The molecule has 1 aromatic heterocycles. The molecule has 1 aromatic carbocycles. The zero-order chi connectivity index (χ0) is 18.1. The van der Waals surface area contributed by atoms with Gasteiger partial charge in [-0.25, -0.2) is 0 Å². The first kappa shape index (κ1) is 18.9. The largest absolute Gasteiger partial charge is 0.481 e. The minimum absolute atomic E-state index is 0.00803. The number of Topliss-reactive ketones (excluding diaryl/α,β-unsaturated/α-hetero) is 1. The van der Waals surface area contributed by atoms with E-state index in [4.69, 9.17) is 5.11 Å². The third-order valence-electron chi connectivity index (χ3n) is 3.77.